The zero-order valence-electron chi connectivity index (χ0n) is 13.0. The molecule has 0 bridgehead atoms. The molecule has 0 radical (unpaired) electrons. The maximum Gasteiger partial charge on any atom is 0.289 e. The van der Waals surface area contributed by atoms with Gasteiger partial charge in [-0.2, -0.15) is 5.10 Å². The van der Waals surface area contributed by atoms with E-state index in [0.717, 1.165) is 24.1 Å². The number of hydrogen-bond acceptors (Lipinski definition) is 4. The van der Waals surface area contributed by atoms with Crippen LogP contribution in [0.25, 0.3) is 0 Å². The van der Waals surface area contributed by atoms with Gasteiger partial charge in [-0.25, -0.2) is 9.67 Å². The van der Waals surface area contributed by atoms with E-state index in [1.807, 2.05) is 29.2 Å². The summed E-state index contributed by atoms with van der Waals surface area (Å²) < 4.78 is 1.44. The van der Waals surface area contributed by atoms with Crippen molar-refractivity contribution in [3.05, 3.63) is 47.5 Å². The van der Waals surface area contributed by atoms with E-state index in [9.17, 15) is 9.59 Å². The van der Waals surface area contributed by atoms with Crippen molar-refractivity contribution in [1.29, 1.82) is 0 Å². The molecule has 3 rings (SSSR count). The van der Waals surface area contributed by atoms with E-state index in [4.69, 9.17) is 0 Å². The molecule has 1 aliphatic rings. The van der Waals surface area contributed by atoms with Gasteiger partial charge in [0.1, 0.15) is 6.33 Å². The van der Waals surface area contributed by atoms with Gasteiger partial charge in [0.25, 0.3) is 5.91 Å². The van der Waals surface area contributed by atoms with Gasteiger partial charge in [0, 0.05) is 33.1 Å². The Bertz CT molecular complexity index is 725. The van der Waals surface area contributed by atoms with E-state index in [2.05, 4.69) is 15.4 Å². The Labute approximate surface area is 134 Å². The minimum absolute atomic E-state index is 0.214. The second-order valence-electron chi connectivity index (χ2n) is 5.63. The van der Waals surface area contributed by atoms with Crippen LogP contribution >= 0.6 is 0 Å². The number of amides is 2. The van der Waals surface area contributed by atoms with Crippen molar-refractivity contribution in [2.24, 2.45) is 7.05 Å². The highest BCUT2D eigenvalue weighted by atomic mass is 16.2. The van der Waals surface area contributed by atoms with Gasteiger partial charge < -0.3 is 10.2 Å². The molecule has 2 aromatic rings. The normalized spacial score (nSPS) is 14.3. The summed E-state index contributed by atoms with van der Waals surface area (Å²) in [7, 11) is 1.68. The van der Waals surface area contributed by atoms with E-state index < -0.39 is 0 Å². The van der Waals surface area contributed by atoms with Gasteiger partial charge in [0.2, 0.25) is 11.7 Å². The van der Waals surface area contributed by atoms with Crippen molar-refractivity contribution in [2.75, 3.05) is 6.54 Å². The fraction of sp³-hybridized carbons (Fsp3) is 0.375. The lowest BCUT2D eigenvalue weighted by molar-refractivity contribution is -0.128. The number of benzene rings is 1. The molecule has 0 saturated carbocycles. The monoisotopic (exact) mass is 313 g/mol. The number of aryl methyl sites for hydroxylation is 1. The lowest BCUT2D eigenvalue weighted by Crippen LogP contribution is -2.26. The van der Waals surface area contributed by atoms with Gasteiger partial charge >= 0.3 is 0 Å². The first-order valence-electron chi connectivity index (χ1n) is 7.61. The van der Waals surface area contributed by atoms with Crippen molar-refractivity contribution < 1.29 is 9.59 Å². The molecule has 0 unspecified atom stereocenters. The van der Waals surface area contributed by atoms with E-state index in [1.54, 1.807) is 7.05 Å². The second-order valence-corrected chi connectivity index (χ2v) is 5.63. The van der Waals surface area contributed by atoms with E-state index in [0.29, 0.717) is 19.5 Å². The lowest BCUT2D eigenvalue weighted by atomic mass is 10.1. The predicted molar refractivity (Wildman–Crippen MR) is 83.3 cm³/mol. The van der Waals surface area contributed by atoms with Crippen LogP contribution < -0.4 is 5.32 Å². The summed E-state index contributed by atoms with van der Waals surface area (Å²) in [6.07, 6.45) is 2.93. The molecule has 7 nitrogen and oxygen atoms in total. The lowest BCUT2D eigenvalue weighted by Gasteiger charge is -2.16. The van der Waals surface area contributed by atoms with E-state index in [-0.39, 0.29) is 17.6 Å². The van der Waals surface area contributed by atoms with Crippen LogP contribution in [0.5, 0.6) is 0 Å². The average molecular weight is 313 g/mol. The first-order chi connectivity index (χ1) is 11.1. The van der Waals surface area contributed by atoms with Gasteiger partial charge in [-0.1, -0.05) is 24.3 Å². The minimum atomic E-state index is -0.259. The SMILES string of the molecule is Cn1ncnc1C(=O)NCc1cccc(CN2CCCC2=O)c1. The maximum absolute atomic E-state index is 12.0. The van der Waals surface area contributed by atoms with E-state index >= 15 is 0 Å². The summed E-state index contributed by atoms with van der Waals surface area (Å²) in [4.78, 5) is 29.5. The quantitative estimate of drug-likeness (QED) is 0.888. The van der Waals surface area contributed by atoms with Crippen LogP contribution in [0.1, 0.15) is 34.6 Å². The fourth-order valence-electron chi connectivity index (χ4n) is 2.69. The molecule has 0 spiro atoms. The maximum atomic E-state index is 12.0. The van der Waals surface area contributed by atoms with Crippen LogP contribution in [0.3, 0.4) is 0 Å². The Morgan fingerprint density at radius 1 is 1.35 bits per heavy atom. The molecule has 1 fully saturated rings. The standard InChI is InChI=1S/C16H19N5O2/c1-20-15(18-11-19-20)16(23)17-9-12-4-2-5-13(8-12)10-21-7-3-6-14(21)22/h2,4-5,8,11H,3,6-7,9-10H2,1H3,(H,17,23). The van der Waals surface area contributed by atoms with Gasteiger partial charge in [-0.3, -0.25) is 9.59 Å². The molecule has 23 heavy (non-hydrogen) atoms. The molecule has 1 aliphatic heterocycles. The van der Waals surface area contributed by atoms with Crippen LogP contribution in [0, 0.1) is 0 Å². The van der Waals surface area contributed by atoms with Crippen molar-refractivity contribution in [3.63, 3.8) is 0 Å². The van der Waals surface area contributed by atoms with Crippen molar-refractivity contribution in [1.82, 2.24) is 25.0 Å². The van der Waals surface area contributed by atoms with Gasteiger partial charge in [0.05, 0.1) is 0 Å². The zero-order chi connectivity index (χ0) is 16.2. The number of nitrogens with zero attached hydrogens (tertiary/aromatic N) is 4. The molecule has 1 saturated heterocycles. The third-order valence-corrected chi connectivity index (χ3v) is 3.90. The van der Waals surface area contributed by atoms with Crippen molar-refractivity contribution in [2.45, 2.75) is 25.9 Å². The van der Waals surface area contributed by atoms with Crippen molar-refractivity contribution >= 4 is 11.8 Å². The topological polar surface area (TPSA) is 80.1 Å². The summed E-state index contributed by atoms with van der Waals surface area (Å²) in [5.74, 6) is 0.236. The third-order valence-electron chi connectivity index (χ3n) is 3.90. The average Bonchev–Trinajstić information content (AvgIpc) is 3.14. The Kier molecular flexibility index (Phi) is 4.36. The summed E-state index contributed by atoms with van der Waals surface area (Å²) in [5, 5.41) is 6.71. The van der Waals surface area contributed by atoms with E-state index in [1.165, 1.54) is 11.0 Å². The summed E-state index contributed by atoms with van der Waals surface area (Å²) >= 11 is 0. The number of likely N-dealkylation sites (tertiary alicyclic amines) is 1. The fourth-order valence-corrected chi connectivity index (χ4v) is 2.69. The van der Waals surface area contributed by atoms with Crippen molar-refractivity contribution in [3.8, 4) is 0 Å². The number of carbonyl (C=O) groups excluding carboxylic acids is 2. The van der Waals surface area contributed by atoms with Crippen LogP contribution in [0.4, 0.5) is 0 Å². The number of rotatable bonds is 5. The Morgan fingerprint density at radius 2 is 2.17 bits per heavy atom. The van der Waals surface area contributed by atoms with Gasteiger partial charge in [-0.15, -0.1) is 0 Å². The molecule has 0 aliphatic carbocycles. The summed E-state index contributed by atoms with van der Waals surface area (Å²) in [5.41, 5.74) is 2.07. The summed E-state index contributed by atoms with van der Waals surface area (Å²) in [6, 6.07) is 7.91. The molecular formula is C16H19N5O2. The third kappa shape index (κ3) is 3.56. The van der Waals surface area contributed by atoms with Crippen LogP contribution in [0.2, 0.25) is 0 Å². The molecule has 2 amide bonds. The largest absolute Gasteiger partial charge is 0.345 e. The molecular weight excluding hydrogens is 294 g/mol. The molecule has 7 heteroatoms. The number of aromatic nitrogens is 3. The molecule has 1 aromatic heterocycles. The molecule has 120 valence electrons. The van der Waals surface area contributed by atoms with Crippen LogP contribution in [-0.2, 0) is 24.9 Å². The Hall–Kier alpha value is -2.70. The van der Waals surface area contributed by atoms with Gasteiger partial charge in [-0.05, 0) is 17.5 Å². The van der Waals surface area contributed by atoms with Crippen LogP contribution in [0.15, 0.2) is 30.6 Å². The highest BCUT2D eigenvalue weighted by Gasteiger charge is 2.20. The first-order valence-corrected chi connectivity index (χ1v) is 7.61. The summed E-state index contributed by atoms with van der Waals surface area (Å²) in [6.45, 7) is 1.86. The highest BCUT2D eigenvalue weighted by molar-refractivity contribution is 5.90. The first kappa shape index (κ1) is 15.2. The molecule has 2 heterocycles. The Balaban J connectivity index is 1.60. The highest BCUT2D eigenvalue weighted by Crippen LogP contribution is 2.15. The zero-order valence-corrected chi connectivity index (χ0v) is 13.0. The second kappa shape index (κ2) is 6.60. The van der Waals surface area contributed by atoms with Crippen LogP contribution in [-0.4, -0.2) is 38.0 Å². The predicted octanol–water partition coefficient (Wildman–Crippen LogP) is 0.867. The number of hydrogen-bond donors (Lipinski definition) is 1. The smallest absolute Gasteiger partial charge is 0.289 e. The molecule has 0 atom stereocenters. The molecule has 1 aromatic carbocycles. The minimum Gasteiger partial charge on any atom is -0.345 e. The number of carbonyl (C=O) groups is 2. The Morgan fingerprint density at radius 3 is 2.87 bits per heavy atom. The molecule has 1 N–H and O–H groups in total. The number of nitrogens with one attached hydrogen (secondary N) is 1. The van der Waals surface area contributed by atoms with Gasteiger partial charge in [0.15, 0.2) is 0 Å².